The fourth-order valence-corrected chi connectivity index (χ4v) is 1.44. The molecule has 4 nitrogen and oxygen atoms in total. The zero-order valence-electron chi connectivity index (χ0n) is 10.00. The van der Waals surface area contributed by atoms with Crippen molar-refractivity contribution in [1.29, 1.82) is 0 Å². The highest BCUT2D eigenvalue weighted by Gasteiger charge is 2.13. The third-order valence-electron chi connectivity index (χ3n) is 2.32. The predicted octanol–water partition coefficient (Wildman–Crippen LogP) is 1.90. The Balaban J connectivity index is 2.79. The first-order valence-electron chi connectivity index (χ1n) is 5.56. The average molecular weight is 240 g/mol. The number of rotatable bonds is 6. The molecule has 1 aromatic carbocycles. The molecule has 0 radical (unpaired) electrons. The summed E-state index contributed by atoms with van der Waals surface area (Å²) >= 11 is 0. The fraction of sp³-hybridized carbons (Fsp3) is 0.417. The molecule has 1 atom stereocenters. The maximum Gasteiger partial charge on any atom is 0.239 e. The first kappa shape index (κ1) is 13.3. The van der Waals surface area contributed by atoms with E-state index in [4.69, 9.17) is 10.5 Å². The number of nitrogens with two attached hydrogens (primary N) is 1. The van der Waals surface area contributed by atoms with Crippen molar-refractivity contribution in [2.24, 2.45) is 5.73 Å². The molecule has 3 N–H and O–H groups in total. The second-order valence-electron chi connectivity index (χ2n) is 3.59. The number of nitrogens with one attached hydrogen (secondary N) is 1. The van der Waals surface area contributed by atoms with Crippen molar-refractivity contribution in [2.45, 2.75) is 26.3 Å². The van der Waals surface area contributed by atoms with Crippen LogP contribution >= 0.6 is 0 Å². The average Bonchev–Trinajstić information content (AvgIpc) is 2.29. The highest BCUT2D eigenvalue weighted by molar-refractivity contribution is 5.82. The molecular weight excluding hydrogens is 223 g/mol. The van der Waals surface area contributed by atoms with Gasteiger partial charge in [0.05, 0.1) is 6.61 Å². The molecule has 0 aliphatic rings. The molecule has 1 amide bonds. The zero-order valence-corrected chi connectivity index (χ0v) is 10.00. The number of hydrogen-bond acceptors (Lipinski definition) is 3. The van der Waals surface area contributed by atoms with Gasteiger partial charge in [-0.2, -0.15) is 0 Å². The Bertz CT molecular complexity index is 396. The summed E-state index contributed by atoms with van der Waals surface area (Å²) in [5.41, 5.74) is 5.70. The van der Waals surface area contributed by atoms with E-state index in [1.807, 2.05) is 6.92 Å². The van der Waals surface area contributed by atoms with Gasteiger partial charge >= 0.3 is 0 Å². The van der Waals surface area contributed by atoms with Gasteiger partial charge in [0.1, 0.15) is 6.04 Å². The van der Waals surface area contributed by atoms with Gasteiger partial charge in [-0.25, -0.2) is 4.39 Å². The molecule has 1 unspecified atom stereocenters. The number of hydrogen-bond donors (Lipinski definition) is 2. The quantitative estimate of drug-likeness (QED) is 0.798. The largest absolute Gasteiger partial charge is 0.491 e. The van der Waals surface area contributed by atoms with Crippen LogP contribution in [0.4, 0.5) is 10.1 Å². The van der Waals surface area contributed by atoms with Crippen molar-refractivity contribution in [3.63, 3.8) is 0 Å². The van der Waals surface area contributed by atoms with Crippen LogP contribution in [0.2, 0.25) is 0 Å². The predicted molar refractivity (Wildman–Crippen MR) is 64.5 cm³/mol. The van der Waals surface area contributed by atoms with E-state index in [9.17, 15) is 9.18 Å². The SMILES string of the molecule is CCOc1ccc(NC(CC)C(N)=O)cc1F. The Morgan fingerprint density at radius 1 is 1.53 bits per heavy atom. The molecule has 5 heteroatoms. The second kappa shape index (κ2) is 6.08. The van der Waals surface area contributed by atoms with Crippen LogP contribution in [0.15, 0.2) is 18.2 Å². The van der Waals surface area contributed by atoms with E-state index in [-0.39, 0.29) is 5.75 Å². The van der Waals surface area contributed by atoms with Gasteiger partial charge in [0, 0.05) is 11.8 Å². The number of anilines is 1. The van der Waals surface area contributed by atoms with Crippen molar-refractivity contribution < 1.29 is 13.9 Å². The number of carbonyl (C=O) groups excluding carboxylic acids is 1. The molecule has 17 heavy (non-hydrogen) atoms. The molecule has 1 rings (SSSR count). The van der Waals surface area contributed by atoms with Gasteiger partial charge in [0.15, 0.2) is 11.6 Å². The van der Waals surface area contributed by atoms with Crippen LogP contribution in [0.3, 0.4) is 0 Å². The standard InChI is InChI=1S/C12H17FN2O2/c1-3-10(12(14)16)15-8-5-6-11(17-4-2)9(13)7-8/h5-7,10,15H,3-4H2,1-2H3,(H2,14,16). The van der Waals surface area contributed by atoms with E-state index >= 15 is 0 Å². The third-order valence-corrected chi connectivity index (χ3v) is 2.32. The van der Waals surface area contributed by atoms with Crippen molar-refractivity contribution in [3.8, 4) is 5.75 Å². The Labute approximate surface area is 100.0 Å². The summed E-state index contributed by atoms with van der Waals surface area (Å²) in [4.78, 5) is 11.0. The molecule has 0 saturated heterocycles. The van der Waals surface area contributed by atoms with Crippen LogP contribution in [0.25, 0.3) is 0 Å². The number of benzene rings is 1. The minimum atomic E-state index is -0.493. The van der Waals surface area contributed by atoms with E-state index in [0.29, 0.717) is 18.7 Å². The summed E-state index contributed by atoms with van der Waals surface area (Å²) < 4.78 is 18.6. The maximum atomic E-state index is 13.5. The van der Waals surface area contributed by atoms with Crippen LogP contribution in [0.5, 0.6) is 5.75 Å². The Hall–Kier alpha value is -1.78. The summed E-state index contributed by atoms with van der Waals surface area (Å²) in [6.45, 7) is 4.02. The number of halogens is 1. The van der Waals surface area contributed by atoms with Crippen LogP contribution in [-0.2, 0) is 4.79 Å². The molecule has 0 bridgehead atoms. The van der Waals surface area contributed by atoms with E-state index in [1.165, 1.54) is 12.1 Å². The van der Waals surface area contributed by atoms with Gasteiger partial charge < -0.3 is 15.8 Å². The van der Waals surface area contributed by atoms with Crippen LogP contribution in [-0.4, -0.2) is 18.6 Å². The lowest BCUT2D eigenvalue weighted by Crippen LogP contribution is -2.34. The van der Waals surface area contributed by atoms with E-state index in [2.05, 4.69) is 5.32 Å². The second-order valence-corrected chi connectivity index (χ2v) is 3.59. The summed E-state index contributed by atoms with van der Waals surface area (Å²) in [5.74, 6) is -0.719. The first-order valence-corrected chi connectivity index (χ1v) is 5.56. The monoisotopic (exact) mass is 240 g/mol. The minimum Gasteiger partial charge on any atom is -0.491 e. The Morgan fingerprint density at radius 3 is 2.71 bits per heavy atom. The van der Waals surface area contributed by atoms with Gasteiger partial charge in [-0.05, 0) is 25.5 Å². The van der Waals surface area contributed by atoms with Gasteiger partial charge in [-0.1, -0.05) is 6.92 Å². The number of ether oxygens (including phenoxy) is 1. The molecule has 0 spiro atoms. The van der Waals surface area contributed by atoms with E-state index < -0.39 is 17.8 Å². The molecular formula is C12H17FN2O2. The molecule has 0 fully saturated rings. The van der Waals surface area contributed by atoms with Crippen molar-refractivity contribution in [2.75, 3.05) is 11.9 Å². The molecule has 94 valence electrons. The minimum absolute atomic E-state index is 0.199. The number of carbonyl (C=O) groups is 1. The van der Waals surface area contributed by atoms with Gasteiger partial charge in [-0.15, -0.1) is 0 Å². The molecule has 0 aromatic heterocycles. The lowest BCUT2D eigenvalue weighted by molar-refractivity contribution is -0.118. The summed E-state index contributed by atoms with van der Waals surface area (Å²) in [6, 6.07) is 3.97. The van der Waals surface area contributed by atoms with Crippen molar-refractivity contribution in [3.05, 3.63) is 24.0 Å². The van der Waals surface area contributed by atoms with E-state index in [0.717, 1.165) is 0 Å². The first-order chi connectivity index (χ1) is 8.08. The summed E-state index contributed by atoms with van der Waals surface area (Å²) in [7, 11) is 0. The molecule has 0 aliphatic heterocycles. The maximum absolute atomic E-state index is 13.5. The highest BCUT2D eigenvalue weighted by Crippen LogP contribution is 2.21. The van der Waals surface area contributed by atoms with Gasteiger partial charge in [0.2, 0.25) is 5.91 Å². The summed E-state index contributed by atoms with van der Waals surface area (Å²) in [5, 5.41) is 2.87. The van der Waals surface area contributed by atoms with Crippen molar-refractivity contribution in [1.82, 2.24) is 0 Å². The molecule has 0 aliphatic carbocycles. The third kappa shape index (κ3) is 3.62. The topological polar surface area (TPSA) is 64.3 Å². The zero-order chi connectivity index (χ0) is 12.8. The number of primary amides is 1. The molecule has 0 heterocycles. The normalized spacial score (nSPS) is 11.9. The van der Waals surface area contributed by atoms with Crippen LogP contribution in [0.1, 0.15) is 20.3 Å². The fourth-order valence-electron chi connectivity index (χ4n) is 1.44. The summed E-state index contributed by atoms with van der Waals surface area (Å²) in [6.07, 6.45) is 0.546. The number of amides is 1. The van der Waals surface area contributed by atoms with Crippen LogP contribution < -0.4 is 15.8 Å². The Morgan fingerprint density at radius 2 is 2.24 bits per heavy atom. The van der Waals surface area contributed by atoms with Gasteiger partial charge in [-0.3, -0.25) is 4.79 Å². The Kier molecular flexibility index (Phi) is 4.75. The lowest BCUT2D eigenvalue weighted by atomic mass is 10.2. The van der Waals surface area contributed by atoms with Crippen LogP contribution in [0, 0.1) is 5.82 Å². The lowest BCUT2D eigenvalue weighted by Gasteiger charge is -2.15. The molecule has 0 saturated carbocycles. The molecule has 1 aromatic rings. The van der Waals surface area contributed by atoms with Crippen molar-refractivity contribution >= 4 is 11.6 Å². The van der Waals surface area contributed by atoms with E-state index in [1.54, 1.807) is 13.0 Å². The highest BCUT2D eigenvalue weighted by atomic mass is 19.1. The van der Waals surface area contributed by atoms with Gasteiger partial charge in [0.25, 0.3) is 0 Å². The smallest absolute Gasteiger partial charge is 0.239 e.